The Balaban J connectivity index is 2.24. The van der Waals surface area contributed by atoms with Crippen LogP contribution in [0.1, 0.15) is 23.6 Å². The molecule has 8 nitrogen and oxygen atoms in total. The fourth-order valence-electron chi connectivity index (χ4n) is 2.63. The summed E-state index contributed by atoms with van der Waals surface area (Å²) in [5.41, 5.74) is 2.54. The second-order valence-corrected chi connectivity index (χ2v) is 8.97. The third kappa shape index (κ3) is 5.81. The minimum absolute atomic E-state index is 0.166. The number of amides is 1. The largest absolute Gasteiger partial charge is 0.448 e. The molecule has 2 N–H and O–H groups in total. The summed E-state index contributed by atoms with van der Waals surface area (Å²) in [6, 6.07) is 14.3. The second kappa shape index (κ2) is 9.89. The Morgan fingerprint density at radius 1 is 1.30 bits per heavy atom. The van der Waals surface area contributed by atoms with Crippen molar-refractivity contribution in [1.82, 2.24) is 4.90 Å². The lowest BCUT2D eigenvalue weighted by molar-refractivity contribution is 0.164. The van der Waals surface area contributed by atoms with Gasteiger partial charge in [-0.25, -0.2) is 9.00 Å². The molecule has 9 heteroatoms. The van der Waals surface area contributed by atoms with E-state index in [9.17, 15) is 14.3 Å². The number of carbonyl (C=O) groups is 1. The molecule has 2 rings (SSSR count). The van der Waals surface area contributed by atoms with Crippen LogP contribution in [0.15, 0.2) is 51.7 Å². The Morgan fingerprint density at radius 3 is 2.67 bits per heavy atom. The number of nitrogens with one attached hydrogen (secondary N) is 2. The normalized spacial score (nSPS) is 12.2. The average Bonchev–Trinajstić information content (AvgIpc) is 2.71. The van der Waals surface area contributed by atoms with Crippen molar-refractivity contribution < 1.29 is 13.7 Å². The molecular weight excluding hydrogens is 402 g/mol. The summed E-state index contributed by atoms with van der Waals surface area (Å²) < 4.78 is 21.2. The quantitative estimate of drug-likeness (QED) is 0.536. The number of nitrogens with zero attached hydrogens (tertiary/aromatic N) is 3. The van der Waals surface area contributed by atoms with Crippen molar-refractivity contribution in [3.63, 3.8) is 0 Å². The summed E-state index contributed by atoms with van der Waals surface area (Å²) >= 11 is 0. The van der Waals surface area contributed by atoms with E-state index >= 15 is 0 Å². The summed E-state index contributed by atoms with van der Waals surface area (Å²) in [7, 11) is 0.577. The van der Waals surface area contributed by atoms with Crippen LogP contribution in [0, 0.1) is 16.7 Å². The predicted octanol–water partition coefficient (Wildman–Crippen LogP) is 3.67. The molecule has 1 atom stereocenters. The molecule has 2 aromatic rings. The van der Waals surface area contributed by atoms with E-state index in [0.29, 0.717) is 22.6 Å². The number of amidine groups is 1. The van der Waals surface area contributed by atoms with Crippen LogP contribution >= 0.6 is 0 Å². The van der Waals surface area contributed by atoms with Crippen LogP contribution in [0.2, 0.25) is 0 Å². The molecule has 0 bridgehead atoms. The van der Waals surface area contributed by atoms with E-state index in [2.05, 4.69) is 15.7 Å². The average molecular weight is 428 g/mol. The number of rotatable bonds is 6. The maximum atomic E-state index is 12.8. The van der Waals surface area contributed by atoms with E-state index in [4.69, 9.17) is 10.1 Å². The molecule has 0 spiro atoms. The Labute approximate surface area is 177 Å². The number of carbonyl (C=O) groups excluding carboxylic acids is 1. The fraction of sp³-hybridized carbons (Fsp3) is 0.286. The van der Waals surface area contributed by atoms with Gasteiger partial charge < -0.3 is 15.0 Å². The molecule has 0 fully saturated rings. The zero-order valence-corrected chi connectivity index (χ0v) is 18.2. The van der Waals surface area contributed by atoms with Crippen LogP contribution in [0.4, 0.5) is 10.5 Å². The summed E-state index contributed by atoms with van der Waals surface area (Å²) in [6.45, 7) is 2.24. The van der Waals surface area contributed by atoms with Gasteiger partial charge in [0.15, 0.2) is 0 Å². The number of ether oxygens (including phenoxy) is 1. The van der Waals surface area contributed by atoms with Crippen molar-refractivity contribution in [2.24, 2.45) is 4.36 Å². The van der Waals surface area contributed by atoms with Gasteiger partial charge in [0.1, 0.15) is 5.84 Å². The Kier molecular flexibility index (Phi) is 7.55. The molecule has 0 radical (unpaired) electrons. The van der Waals surface area contributed by atoms with Crippen molar-refractivity contribution in [2.45, 2.75) is 18.4 Å². The monoisotopic (exact) mass is 427 g/mol. The highest BCUT2D eigenvalue weighted by atomic mass is 32.2. The maximum absolute atomic E-state index is 12.8. The molecule has 0 heterocycles. The number of hydrogen-bond acceptors (Lipinski definition) is 6. The van der Waals surface area contributed by atoms with Crippen LogP contribution < -0.4 is 5.32 Å². The third-order valence-electron chi connectivity index (χ3n) is 4.19. The number of anilines is 1. The highest BCUT2D eigenvalue weighted by Crippen LogP contribution is 2.19. The van der Waals surface area contributed by atoms with E-state index in [1.165, 1.54) is 6.26 Å². The number of hydrogen-bond donors (Lipinski definition) is 2. The van der Waals surface area contributed by atoms with Crippen LogP contribution in [0.5, 0.6) is 0 Å². The van der Waals surface area contributed by atoms with Gasteiger partial charge in [-0.3, -0.25) is 5.41 Å². The van der Waals surface area contributed by atoms with Gasteiger partial charge in [-0.05, 0) is 42.8 Å². The third-order valence-corrected chi connectivity index (χ3v) is 5.82. The highest BCUT2D eigenvalue weighted by Gasteiger charge is 2.12. The minimum atomic E-state index is -2.92. The van der Waals surface area contributed by atoms with E-state index in [0.717, 1.165) is 11.3 Å². The first-order valence-corrected chi connectivity index (χ1v) is 11.1. The second-order valence-electron chi connectivity index (χ2n) is 6.71. The molecule has 0 aliphatic carbocycles. The molecule has 1 amide bonds. The van der Waals surface area contributed by atoms with Crippen LogP contribution in [0.25, 0.3) is 0 Å². The molecule has 2 aromatic carbocycles. The molecule has 30 heavy (non-hydrogen) atoms. The summed E-state index contributed by atoms with van der Waals surface area (Å²) in [6.07, 6.45) is 0.554. The molecule has 0 aliphatic heterocycles. The lowest BCUT2D eigenvalue weighted by atomic mass is 10.1. The van der Waals surface area contributed by atoms with Gasteiger partial charge in [0.05, 0.1) is 28.0 Å². The smallest absolute Gasteiger partial charge is 0.442 e. The summed E-state index contributed by atoms with van der Waals surface area (Å²) in [5.74, 6) is 0.239. The van der Waals surface area contributed by atoms with Gasteiger partial charge in [-0.1, -0.05) is 12.1 Å². The van der Waals surface area contributed by atoms with Crippen LogP contribution in [-0.4, -0.2) is 48.0 Å². The molecule has 0 saturated carbocycles. The van der Waals surface area contributed by atoms with Crippen molar-refractivity contribution in [2.75, 3.05) is 32.3 Å². The number of nitriles is 1. The first-order chi connectivity index (χ1) is 14.2. The van der Waals surface area contributed by atoms with Crippen LogP contribution in [0.3, 0.4) is 0 Å². The van der Waals surface area contributed by atoms with Crippen LogP contribution in [-0.2, 0) is 21.0 Å². The van der Waals surface area contributed by atoms with Gasteiger partial charge in [0.25, 0.3) is 0 Å². The Hall–Kier alpha value is -3.38. The van der Waals surface area contributed by atoms with Gasteiger partial charge in [0, 0.05) is 43.0 Å². The zero-order chi connectivity index (χ0) is 22.3. The number of benzene rings is 2. The Morgan fingerprint density at radius 2 is 2.03 bits per heavy atom. The van der Waals surface area contributed by atoms with Crippen molar-refractivity contribution in [3.8, 4) is 6.07 Å². The standard InChI is InChI=1S/C21H25N5O3S/c1-5-29-21(27)25-30(4,28)18-8-6-7-15(11-18)14-24-17-10-9-16(13-22)19(12-17)20(23)26(2)3/h6-12,23-24H,5,14H2,1-4H3. The summed E-state index contributed by atoms with van der Waals surface area (Å²) in [5, 5.41) is 20.7. The van der Waals surface area contributed by atoms with Gasteiger partial charge in [-0.2, -0.15) is 5.26 Å². The molecule has 0 saturated heterocycles. The van der Waals surface area contributed by atoms with E-state index < -0.39 is 15.8 Å². The zero-order valence-electron chi connectivity index (χ0n) is 17.4. The molecule has 1 unspecified atom stereocenters. The SMILES string of the molecule is CCOC(=O)N=S(C)(=O)c1cccc(CNc2ccc(C#N)c(C(=N)N(C)C)c2)c1. The Bertz CT molecular complexity index is 1110. The molecule has 0 aromatic heterocycles. The fourth-order valence-corrected chi connectivity index (χ4v) is 3.77. The topological polar surface area (TPSA) is 119 Å². The minimum Gasteiger partial charge on any atom is -0.448 e. The van der Waals surface area contributed by atoms with Crippen molar-refractivity contribution in [3.05, 3.63) is 59.2 Å². The van der Waals surface area contributed by atoms with Crippen molar-refractivity contribution in [1.29, 1.82) is 10.7 Å². The predicted molar refractivity (Wildman–Crippen MR) is 117 cm³/mol. The molecule has 0 aliphatic rings. The lowest BCUT2D eigenvalue weighted by Gasteiger charge is -2.16. The van der Waals surface area contributed by atoms with Gasteiger partial charge >= 0.3 is 6.09 Å². The van der Waals surface area contributed by atoms with E-state index in [-0.39, 0.29) is 12.4 Å². The molecular formula is C21H25N5O3S. The first-order valence-electron chi connectivity index (χ1n) is 9.20. The van der Waals surface area contributed by atoms with Gasteiger partial charge in [0.2, 0.25) is 0 Å². The van der Waals surface area contributed by atoms with Crippen molar-refractivity contribution >= 4 is 27.3 Å². The first kappa shape index (κ1) is 22.9. The summed E-state index contributed by atoms with van der Waals surface area (Å²) in [4.78, 5) is 13.7. The van der Waals surface area contributed by atoms with Gasteiger partial charge in [-0.15, -0.1) is 4.36 Å². The maximum Gasteiger partial charge on any atom is 0.442 e. The van der Waals surface area contributed by atoms with E-state index in [1.54, 1.807) is 62.3 Å². The highest BCUT2D eigenvalue weighted by molar-refractivity contribution is 7.93. The van der Waals surface area contributed by atoms with E-state index in [1.807, 2.05) is 6.07 Å². The lowest BCUT2D eigenvalue weighted by Crippen LogP contribution is -2.22. The molecule has 158 valence electrons.